The second kappa shape index (κ2) is 14.9. The number of nitrogens with zero attached hydrogens (tertiary/aromatic N) is 1. The van der Waals surface area contributed by atoms with Crippen LogP contribution in [0, 0.1) is 74.9 Å². The van der Waals surface area contributed by atoms with Gasteiger partial charge in [-0.05, 0) is 166 Å². The lowest BCUT2D eigenvalue weighted by Crippen LogP contribution is -2.62. The number of carbonyl (C=O) groups is 4. The number of benzene rings is 1. The standard InChI is InChI=1S/C50H72N4O5/c1-28(2)42-39(56)25-50(20-21-51-26-46(4,5)54-44(57)30-10-12-36-37(22-30)53-27-52-36)19-15-35-32(43(42)50)11-13-41-48(35,8)18-16-40-47(6,7)31(14-17-49(40,41)9)23-38(55)33-24-34(29(33)3)45(58)59/h10,12,22,27-29,31-35,40-41,51H,11,13-21,23-26H2,1-9H3,(H,52,53)(H,54,57)(H,58,59). The molecule has 1 amide bonds. The molecule has 4 N–H and O–H groups in total. The molecule has 6 aliphatic rings. The quantitative estimate of drug-likeness (QED) is 0.157. The van der Waals surface area contributed by atoms with Gasteiger partial charge in [0.15, 0.2) is 5.78 Å². The van der Waals surface area contributed by atoms with Crippen molar-refractivity contribution in [1.29, 1.82) is 0 Å². The number of hydrogen-bond acceptors (Lipinski definition) is 6. The van der Waals surface area contributed by atoms with Crippen LogP contribution < -0.4 is 10.6 Å². The number of fused-ring (bicyclic) bond motifs is 8. The molecule has 1 aromatic carbocycles. The number of hydrogen-bond donors (Lipinski definition) is 4. The van der Waals surface area contributed by atoms with E-state index in [1.54, 1.807) is 6.33 Å². The molecule has 1 heterocycles. The molecule has 5 saturated carbocycles. The minimum Gasteiger partial charge on any atom is -0.481 e. The lowest BCUT2D eigenvalue weighted by Gasteiger charge is -2.69. The van der Waals surface area contributed by atoms with Crippen LogP contribution in [0.15, 0.2) is 35.7 Å². The van der Waals surface area contributed by atoms with E-state index >= 15 is 0 Å². The van der Waals surface area contributed by atoms with Gasteiger partial charge in [0.25, 0.3) is 5.91 Å². The molecule has 0 spiro atoms. The SMILES string of the molecule is CC(C)C1=C2C3CCC4C(C)(CCC5C(C)(C)C(CC(=O)C6CC(C(=O)O)C6C)CCC54C)C3CCC2(CCNCC(C)(C)NC(=O)c2ccc3nc[nH]c3c2)CC1=O. The maximum Gasteiger partial charge on any atom is 0.306 e. The molecule has 6 aliphatic carbocycles. The lowest BCUT2D eigenvalue weighted by molar-refractivity contribution is -0.193. The molecule has 9 heteroatoms. The second-order valence-corrected chi connectivity index (χ2v) is 22.6. The highest BCUT2D eigenvalue weighted by atomic mass is 16.4. The summed E-state index contributed by atoms with van der Waals surface area (Å²) in [4.78, 5) is 60.0. The van der Waals surface area contributed by atoms with Crippen molar-refractivity contribution in [2.24, 2.45) is 74.9 Å². The summed E-state index contributed by atoms with van der Waals surface area (Å²) in [6, 6.07) is 5.54. The summed E-state index contributed by atoms with van der Waals surface area (Å²) in [5.74, 6) is 2.07. The van der Waals surface area contributed by atoms with E-state index in [0.717, 1.165) is 48.8 Å². The van der Waals surface area contributed by atoms with E-state index in [9.17, 15) is 24.3 Å². The Morgan fingerprint density at radius 2 is 1.71 bits per heavy atom. The first kappa shape index (κ1) is 42.4. The second-order valence-electron chi connectivity index (χ2n) is 22.6. The number of allylic oxidation sites excluding steroid dienone is 2. The molecule has 5 fully saturated rings. The molecule has 11 atom stereocenters. The molecule has 0 bridgehead atoms. The largest absolute Gasteiger partial charge is 0.481 e. The Morgan fingerprint density at radius 1 is 0.966 bits per heavy atom. The van der Waals surface area contributed by atoms with E-state index in [-0.39, 0.29) is 51.2 Å². The Hall–Kier alpha value is -3.33. The van der Waals surface area contributed by atoms with Crippen molar-refractivity contribution in [3.8, 4) is 0 Å². The van der Waals surface area contributed by atoms with Gasteiger partial charge >= 0.3 is 5.97 Å². The van der Waals surface area contributed by atoms with Gasteiger partial charge in [-0.3, -0.25) is 19.2 Å². The smallest absolute Gasteiger partial charge is 0.306 e. The summed E-state index contributed by atoms with van der Waals surface area (Å²) in [5, 5.41) is 16.5. The third-order valence-corrected chi connectivity index (χ3v) is 18.4. The molecule has 9 nitrogen and oxygen atoms in total. The van der Waals surface area contributed by atoms with Crippen LogP contribution in [0.4, 0.5) is 0 Å². The van der Waals surface area contributed by atoms with Crippen LogP contribution in [0.25, 0.3) is 11.0 Å². The van der Waals surface area contributed by atoms with E-state index < -0.39 is 11.5 Å². The number of carboxylic acids is 1. The lowest BCUT2D eigenvalue weighted by atomic mass is 9.35. The minimum absolute atomic E-state index is 0.0474. The van der Waals surface area contributed by atoms with Crippen molar-refractivity contribution < 1.29 is 24.3 Å². The van der Waals surface area contributed by atoms with E-state index in [4.69, 9.17) is 0 Å². The van der Waals surface area contributed by atoms with Gasteiger partial charge in [-0.25, -0.2) is 4.98 Å². The fraction of sp³-hybridized carbons (Fsp3) is 0.740. The number of rotatable bonds is 12. The van der Waals surface area contributed by atoms with Crippen LogP contribution in [-0.2, 0) is 14.4 Å². The number of carboxylic acid groups (broad SMARTS) is 1. The van der Waals surface area contributed by atoms with E-state index in [0.29, 0.717) is 72.5 Å². The number of Topliss-reactive ketones (excluding diaryl/α,β-unsaturated/α-hetero) is 2. The Balaban J connectivity index is 0.944. The van der Waals surface area contributed by atoms with Crippen molar-refractivity contribution in [2.45, 2.75) is 145 Å². The Labute approximate surface area is 352 Å². The number of aromatic amines is 1. The van der Waals surface area contributed by atoms with Crippen molar-refractivity contribution in [2.75, 3.05) is 13.1 Å². The maximum atomic E-state index is 14.1. The number of aliphatic carboxylic acids is 1. The zero-order valence-electron chi connectivity index (χ0n) is 37.4. The third kappa shape index (κ3) is 6.95. The number of amides is 1. The first-order valence-electron chi connectivity index (χ1n) is 23.2. The molecular weight excluding hydrogens is 737 g/mol. The molecule has 8 rings (SSSR count). The van der Waals surface area contributed by atoms with Crippen LogP contribution in [0.2, 0.25) is 0 Å². The summed E-state index contributed by atoms with van der Waals surface area (Å²) in [7, 11) is 0. The third-order valence-electron chi connectivity index (χ3n) is 18.4. The number of imidazole rings is 1. The number of H-pyrrole nitrogens is 1. The topological polar surface area (TPSA) is 141 Å². The van der Waals surface area contributed by atoms with Crippen LogP contribution in [0.3, 0.4) is 0 Å². The summed E-state index contributed by atoms with van der Waals surface area (Å²) < 4.78 is 0. The highest BCUT2D eigenvalue weighted by Crippen LogP contribution is 2.74. The summed E-state index contributed by atoms with van der Waals surface area (Å²) in [6.07, 6.45) is 13.6. The number of ketones is 2. The average molecular weight is 809 g/mol. The first-order chi connectivity index (χ1) is 27.7. The molecule has 0 saturated heterocycles. The zero-order valence-corrected chi connectivity index (χ0v) is 37.4. The summed E-state index contributed by atoms with van der Waals surface area (Å²) in [6.45, 7) is 22.1. The van der Waals surface area contributed by atoms with E-state index in [1.165, 1.54) is 37.7 Å². The summed E-state index contributed by atoms with van der Waals surface area (Å²) in [5.41, 5.74) is 4.90. The average Bonchev–Trinajstić information content (AvgIpc) is 3.75. The van der Waals surface area contributed by atoms with Gasteiger partial charge in [0.2, 0.25) is 0 Å². The van der Waals surface area contributed by atoms with Gasteiger partial charge in [0.1, 0.15) is 5.78 Å². The zero-order chi connectivity index (χ0) is 42.4. The van der Waals surface area contributed by atoms with Crippen molar-refractivity contribution in [3.05, 3.63) is 41.2 Å². The highest BCUT2D eigenvalue weighted by molar-refractivity contribution is 6.00. The van der Waals surface area contributed by atoms with Crippen molar-refractivity contribution in [1.82, 2.24) is 20.6 Å². The molecular formula is C50H72N4O5. The van der Waals surface area contributed by atoms with Crippen LogP contribution in [0.5, 0.6) is 0 Å². The Kier molecular flexibility index (Phi) is 10.7. The predicted octanol–water partition coefficient (Wildman–Crippen LogP) is 9.57. The van der Waals surface area contributed by atoms with Crippen LogP contribution in [-0.4, -0.2) is 57.1 Å². The van der Waals surface area contributed by atoms with Crippen LogP contribution in [0.1, 0.15) is 150 Å². The van der Waals surface area contributed by atoms with Gasteiger partial charge in [-0.1, -0.05) is 54.0 Å². The summed E-state index contributed by atoms with van der Waals surface area (Å²) >= 11 is 0. The van der Waals surface area contributed by atoms with Crippen LogP contribution >= 0.6 is 0 Å². The van der Waals surface area contributed by atoms with Gasteiger partial charge < -0.3 is 20.7 Å². The molecule has 1 aromatic heterocycles. The van der Waals surface area contributed by atoms with Crippen molar-refractivity contribution >= 4 is 34.5 Å². The van der Waals surface area contributed by atoms with E-state index in [2.05, 4.69) is 76.0 Å². The van der Waals surface area contributed by atoms with Gasteiger partial charge in [-0.2, -0.15) is 0 Å². The van der Waals surface area contributed by atoms with E-state index in [1.807, 2.05) is 25.1 Å². The number of nitrogens with one attached hydrogen (secondary N) is 3. The van der Waals surface area contributed by atoms with Gasteiger partial charge in [-0.15, -0.1) is 0 Å². The molecule has 0 radical (unpaired) electrons. The Morgan fingerprint density at radius 3 is 2.42 bits per heavy atom. The van der Waals surface area contributed by atoms with Gasteiger partial charge in [0, 0.05) is 41.8 Å². The Bertz CT molecular complexity index is 2050. The van der Waals surface area contributed by atoms with Crippen molar-refractivity contribution in [3.63, 3.8) is 0 Å². The molecule has 2 aromatic rings. The molecule has 322 valence electrons. The molecule has 0 aliphatic heterocycles. The first-order valence-corrected chi connectivity index (χ1v) is 23.2. The monoisotopic (exact) mass is 809 g/mol. The molecule has 59 heavy (non-hydrogen) atoms. The maximum absolute atomic E-state index is 14.1. The predicted molar refractivity (Wildman–Crippen MR) is 231 cm³/mol. The number of aromatic nitrogens is 2. The number of carbonyl (C=O) groups excluding carboxylic acids is 3. The fourth-order valence-corrected chi connectivity index (χ4v) is 15.3. The molecule has 11 unspecified atom stereocenters. The normalized spacial score (nSPS) is 37.6. The highest BCUT2D eigenvalue weighted by Gasteiger charge is 2.66. The van der Waals surface area contributed by atoms with Gasteiger partial charge in [0.05, 0.1) is 23.3 Å². The minimum atomic E-state index is -0.757. The fourth-order valence-electron chi connectivity index (χ4n) is 15.3.